The van der Waals surface area contributed by atoms with Crippen LogP contribution >= 0.6 is 0 Å². The molecule has 21 heavy (non-hydrogen) atoms. The summed E-state index contributed by atoms with van der Waals surface area (Å²) in [7, 11) is 1.85. The van der Waals surface area contributed by atoms with Crippen LogP contribution in [0.15, 0.2) is 18.2 Å². The quantitative estimate of drug-likeness (QED) is 0.895. The van der Waals surface area contributed by atoms with Crippen molar-refractivity contribution in [1.82, 2.24) is 9.97 Å². The molecule has 1 aliphatic carbocycles. The second kappa shape index (κ2) is 5.31. The molecule has 0 bridgehead atoms. The lowest BCUT2D eigenvalue weighted by molar-refractivity contribution is 0.619. The van der Waals surface area contributed by atoms with Crippen molar-refractivity contribution < 1.29 is 4.39 Å². The highest BCUT2D eigenvalue weighted by molar-refractivity contribution is 5.67. The predicted octanol–water partition coefficient (Wildman–Crippen LogP) is 3.90. The molecule has 1 aromatic heterocycles. The van der Waals surface area contributed by atoms with Crippen LogP contribution in [0.3, 0.4) is 0 Å². The second-order valence-electron chi connectivity index (χ2n) is 5.47. The minimum atomic E-state index is -0.219. The highest BCUT2D eigenvalue weighted by atomic mass is 19.1. The highest BCUT2D eigenvalue weighted by Gasteiger charge is 2.28. The van der Waals surface area contributed by atoms with E-state index in [9.17, 15) is 4.39 Å². The number of nitrogens with one attached hydrogen (secondary N) is 2. The molecule has 0 unspecified atom stereocenters. The van der Waals surface area contributed by atoms with Crippen LogP contribution in [0.5, 0.6) is 0 Å². The van der Waals surface area contributed by atoms with Crippen molar-refractivity contribution in [2.24, 2.45) is 0 Å². The number of halogens is 1. The first kappa shape index (κ1) is 13.8. The average Bonchev–Trinajstić information content (AvgIpc) is 3.30. The van der Waals surface area contributed by atoms with Crippen molar-refractivity contribution in [3.8, 4) is 0 Å². The maximum Gasteiger partial charge on any atom is 0.139 e. The fourth-order valence-corrected chi connectivity index (χ4v) is 2.29. The van der Waals surface area contributed by atoms with Crippen LogP contribution in [0, 0.1) is 19.7 Å². The third-order valence-corrected chi connectivity index (χ3v) is 3.86. The van der Waals surface area contributed by atoms with Crippen LogP contribution in [0.2, 0.25) is 0 Å². The summed E-state index contributed by atoms with van der Waals surface area (Å²) in [4.78, 5) is 9.18. The molecule has 4 nitrogen and oxygen atoms in total. The maximum atomic E-state index is 13.7. The molecule has 1 aliphatic rings. The largest absolute Gasteiger partial charge is 0.373 e. The van der Waals surface area contributed by atoms with Crippen LogP contribution in [-0.4, -0.2) is 17.0 Å². The molecule has 0 spiro atoms. The summed E-state index contributed by atoms with van der Waals surface area (Å²) in [5.74, 6) is 2.67. The Hall–Kier alpha value is -2.17. The van der Waals surface area contributed by atoms with E-state index in [1.807, 2.05) is 20.0 Å². The smallest absolute Gasteiger partial charge is 0.139 e. The maximum absolute atomic E-state index is 13.7. The fourth-order valence-electron chi connectivity index (χ4n) is 2.29. The van der Waals surface area contributed by atoms with Crippen LogP contribution in [0.25, 0.3) is 0 Å². The lowest BCUT2D eigenvalue weighted by Gasteiger charge is -2.15. The van der Waals surface area contributed by atoms with Gasteiger partial charge in [-0.15, -0.1) is 0 Å². The van der Waals surface area contributed by atoms with Gasteiger partial charge in [0, 0.05) is 29.8 Å². The third-order valence-electron chi connectivity index (χ3n) is 3.86. The topological polar surface area (TPSA) is 49.8 Å². The van der Waals surface area contributed by atoms with Crippen LogP contribution in [0.1, 0.15) is 35.7 Å². The fraction of sp³-hybridized carbons (Fsp3) is 0.375. The van der Waals surface area contributed by atoms with Gasteiger partial charge >= 0.3 is 0 Å². The summed E-state index contributed by atoms with van der Waals surface area (Å²) in [6, 6.07) is 5.01. The van der Waals surface area contributed by atoms with E-state index in [4.69, 9.17) is 0 Å². The minimum Gasteiger partial charge on any atom is -0.373 e. The summed E-state index contributed by atoms with van der Waals surface area (Å²) in [6.45, 7) is 3.72. The van der Waals surface area contributed by atoms with Crippen molar-refractivity contribution in [2.45, 2.75) is 32.6 Å². The molecule has 1 saturated carbocycles. The number of aromatic nitrogens is 2. The molecule has 0 aliphatic heterocycles. The van der Waals surface area contributed by atoms with Gasteiger partial charge in [-0.25, -0.2) is 14.4 Å². The van der Waals surface area contributed by atoms with Gasteiger partial charge in [0.1, 0.15) is 23.3 Å². The Kier molecular flexibility index (Phi) is 3.49. The Bertz CT molecular complexity index is 680. The molecule has 0 amide bonds. The average molecular weight is 286 g/mol. The molecule has 1 aromatic carbocycles. The highest BCUT2D eigenvalue weighted by Crippen LogP contribution is 2.40. The molecule has 2 N–H and O–H groups in total. The summed E-state index contributed by atoms with van der Waals surface area (Å²) in [6.07, 6.45) is 2.29. The van der Waals surface area contributed by atoms with Crippen LogP contribution in [-0.2, 0) is 0 Å². The van der Waals surface area contributed by atoms with E-state index in [2.05, 4.69) is 20.6 Å². The Morgan fingerprint density at radius 1 is 1.10 bits per heavy atom. The first-order valence-corrected chi connectivity index (χ1v) is 7.18. The van der Waals surface area contributed by atoms with E-state index in [-0.39, 0.29) is 5.82 Å². The SMILES string of the molecule is CNc1nc(C2CC2)nc(Nc2cccc(F)c2C)c1C. The predicted molar refractivity (Wildman–Crippen MR) is 82.7 cm³/mol. The minimum absolute atomic E-state index is 0.219. The van der Waals surface area contributed by atoms with Gasteiger partial charge in [0.05, 0.1) is 0 Å². The van der Waals surface area contributed by atoms with Gasteiger partial charge in [0.2, 0.25) is 0 Å². The summed E-state index contributed by atoms with van der Waals surface area (Å²) in [5, 5.41) is 6.35. The number of hydrogen-bond acceptors (Lipinski definition) is 4. The number of nitrogens with zero attached hydrogens (tertiary/aromatic N) is 2. The van der Waals surface area contributed by atoms with Crippen molar-refractivity contribution in [3.05, 3.63) is 41.0 Å². The zero-order valence-corrected chi connectivity index (χ0v) is 12.5. The number of hydrogen-bond donors (Lipinski definition) is 2. The third kappa shape index (κ3) is 2.68. The monoisotopic (exact) mass is 286 g/mol. The zero-order chi connectivity index (χ0) is 15.0. The van der Waals surface area contributed by atoms with Gasteiger partial charge in [-0.2, -0.15) is 0 Å². The van der Waals surface area contributed by atoms with E-state index in [1.54, 1.807) is 13.0 Å². The number of rotatable bonds is 4. The normalized spacial score (nSPS) is 14.1. The van der Waals surface area contributed by atoms with Crippen molar-refractivity contribution in [3.63, 3.8) is 0 Å². The van der Waals surface area contributed by atoms with Gasteiger partial charge in [-0.1, -0.05) is 6.07 Å². The Morgan fingerprint density at radius 3 is 2.48 bits per heavy atom. The molecule has 5 heteroatoms. The standard InChI is InChI=1S/C16H19FN4/c1-9-12(17)5-4-6-13(9)19-15-10(2)14(18-3)20-16(21-15)11-7-8-11/h4-6,11H,7-8H2,1-3H3,(H2,18,19,20,21). The van der Waals surface area contributed by atoms with Crippen LogP contribution < -0.4 is 10.6 Å². The summed E-state index contributed by atoms with van der Waals surface area (Å²) in [5.41, 5.74) is 2.26. The molecular formula is C16H19FN4. The Labute approximate surface area is 123 Å². The van der Waals surface area contributed by atoms with Gasteiger partial charge in [-0.05, 0) is 38.8 Å². The van der Waals surface area contributed by atoms with Crippen LogP contribution in [0.4, 0.5) is 21.7 Å². The second-order valence-corrected chi connectivity index (χ2v) is 5.47. The molecule has 0 atom stereocenters. The molecule has 1 heterocycles. The lowest BCUT2D eigenvalue weighted by atomic mass is 10.2. The van der Waals surface area contributed by atoms with Gasteiger partial charge in [0.25, 0.3) is 0 Å². The first-order chi connectivity index (χ1) is 10.1. The molecule has 1 fully saturated rings. The van der Waals surface area contributed by atoms with E-state index < -0.39 is 0 Å². The van der Waals surface area contributed by atoms with Crippen molar-refractivity contribution >= 4 is 17.3 Å². The lowest BCUT2D eigenvalue weighted by Crippen LogP contribution is -2.07. The van der Waals surface area contributed by atoms with E-state index >= 15 is 0 Å². The Morgan fingerprint density at radius 2 is 1.81 bits per heavy atom. The van der Waals surface area contributed by atoms with Crippen molar-refractivity contribution in [2.75, 3.05) is 17.7 Å². The zero-order valence-electron chi connectivity index (χ0n) is 12.5. The molecular weight excluding hydrogens is 267 g/mol. The summed E-state index contributed by atoms with van der Waals surface area (Å²) < 4.78 is 13.7. The summed E-state index contributed by atoms with van der Waals surface area (Å²) >= 11 is 0. The van der Waals surface area contributed by atoms with E-state index in [0.29, 0.717) is 11.5 Å². The van der Waals surface area contributed by atoms with Gasteiger partial charge in [-0.3, -0.25) is 0 Å². The number of anilines is 3. The number of benzene rings is 1. The van der Waals surface area contributed by atoms with Gasteiger partial charge < -0.3 is 10.6 Å². The van der Waals surface area contributed by atoms with Gasteiger partial charge in [0.15, 0.2) is 0 Å². The molecule has 110 valence electrons. The molecule has 3 rings (SSSR count). The van der Waals surface area contributed by atoms with E-state index in [1.165, 1.54) is 6.07 Å². The Balaban J connectivity index is 2.01. The molecule has 0 saturated heterocycles. The van der Waals surface area contributed by atoms with Crippen molar-refractivity contribution in [1.29, 1.82) is 0 Å². The van der Waals surface area contributed by atoms with E-state index in [0.717, 1.165) is 41.6 Å². The molecule has 2 aromatic rings. The molecule has 0 radical (unpaired) electrons. The first-order valence-electron chi connectivity index (χ1n) is 7.18.